The Morgan fingerprint density at radius 3 is 2.75 bits per heavy atom. The lowest BCUT2D eigenvalue weighted by Gasteiger charge is -2.31. The molecule has 5 nitrogen and oxygen atoms in total. The van der Waals surface area contributed by atoms with Crippen molar-refractivity contribution < 1.29 is 4.79 Å². The third kappa shape index (κ3) is 5.43. The fourth-order valence-corrected chi connectivity index (χ4v) is 6.96. The zero-order valence-corrected chi connectivity index (χ0v) is 21.3. The van der Waals surface area contributed by atoms with Gasteiger partial charge < -0.3 is 10.2 Å². The van der Waals surface area contributed by atoms with E-state index in [4.69, 9.17) is 0 Å². The molecule has 2 unspecified atom stereocenters. The zero-order valence-electron chi connectivity index (χ0n) is 20.5. The Morgan fingerprint density at radius 2 is 2.00 bits per heavy atom. The van der Waals surface area contributed by atoms with E-state index in [0.717, 1.165) is 50.0 Å². The van der Waals surface area contributed by atoms with Gasteiger partial charge in [0, 0.05) is 31.5 Å². The highest BCUT2D eigenvalue weighted by Gasteiger charge is 2.43. The van der Waals surface area contributed by atoms with Crippen LogP contribution in [0.2, 0.25) is 0 Å². The van der Waals surface area contributed by atoms with Gasteiger partial charge in [0.05, 0.1) is 10.6 Å². The van der Waals surface area contributed by atoms with Crippen LogP contribution in [0.25, 0.3) is 0 Å². The van der Waals surface area contributed by atoms with Crippen molar-refractivity contribution in [2.45, 2.75) is 84.0 Å². The number of carbonyl (C=O) groups excluding carboxylic acids is 1. The number of aromatic nitrogens is 2. The van der Waals surface area contributed by atoms with E-state index in [2.05, 4.69) is 47.9 Å². The number of likely N-dealkylation sites (tertiary alicyclic amines) is 1. The molecule has 2 fully saturated rings. The van der Waals surface area contributed by atoms with Gasteiger partial charge in [-0.25, -0.2) is 9.97 Å². The topological polar surface area (TPSA) is 58.1 Å². The van der Waals surface area contributed by atoms with Crippen molar-refractivity contribution in [1.29, 1.82) is 0 Å². The average molecular weight is 459 g/mol. The Hall–Kier alpha value is -1.30. The normalized spacial score (nSPS) is 24.4. The molecule has 3 aliphatic rings. The molecule has 1 N–H and O–H groups in total. The Balaban J connectivity index is 1.39. The van der Waals surface area contributed by atoms with Crippen LogP contribution < -0.4 is 5.32 Å². The molecular formula is C26H42N4OS. The van der Waals surface area contributed by atoms with Crippen molar-refractivity contribution in [2.75, 3.05) is 30.7 Å². The number of thioether (sulfide) groups is 1. The van der Waals surface area contributed by atoms with Crippen LogP contribution in [0.3, 0.4) is 0 Å². The fraction of sp³-hybridized carbons (Fsp3) is 0.808. The Kier molecular flexibility index (Phi) is 7.69. The van der Waals surface area contributed by atoms with Crippen LogP contribution in [0.5, 0.6) is 0 Å². The van der Waals surface area contributed by atoms with Gasteiger partial charge in [-0.1, -0.05) is 59.8 Å². The first-order valence-corrected chi connectivity index (χ1v) is 13.8. The number of nitrogens with one attached hydrogen (secondary N) is 1. The molecule has 4 rings (SSSR count). The van der Waals surface area contributed by atoms with Crippen molar-refractivity contribution in [1.82, 2.24) is 14.9 Å². The van der Waals surface area contributed by atoms with Gasteiger partial charge in [-0.2, -0.15) is 0 Å². The van der Waals surface area contributed by atoms with Crippen LogP contribution in [-0.2, 0) is 11.2 Å². The molecule has 32 heavy (non-hydrogen) atoms. The molecule has 0 spiro atoms. The monoisotopic (exact) mass is 458 g/mol. The van der Waals surface area contributed by atoms with Gasteiger partial charge in [0.1, 0.15) is 12.1 Å². The molecule has 1 amide bonds. The molecule has 178 valence electrons. The van der Waals surface area contributed by atoms with Gasteiger partial charge in [-0.05, 0) is 42.3 Å². The number of hydrogen-bond acceptors (Lipinski definition) is 5. The fourth-order valence-electron chi connectivity index (χ4n) is 5.88. The Labute approximate surface area is 198 Å². The number of fused-ring (bicyclic) bond motifs is 1. The minimum atomic E-state index is 0.106. The molecule has 2 atom stereocenters. The van der Waals surface area contributed by atoms with E-state index in [1.165, 1.54) is 49.1 Å². The highest BCUT2D eigenvalue weighted by atomic mass is 32.2. The summed E-state index contributed by atoms with van der Waals surface area (Å²) in [6, 6.07) is 0. The molecule has 1 aliphatic carbocycles. The van der Waals surface area contributed by atoms with Gasteiger partial charge in [0.15, 0.2) is 0 Å². The lowest BCUT2D eigenvalue weighted by atomic mass is 9.78. The molecule has 1 saturated carbocycles. The second-order valence-corrected chi connectivity index (χ2v) is 12.4. The molecule has 1 saturated heterocycles. The predicted octanol–water partition coefficient (Wildman–Crippen LogP) is 5.65. The van der Waals surface area contributed by atoms with E-state index in [1.54, 1.807) is 6.33 Å². The van der Waals surface area contributed by atoms with Gasteiger partial charge in [0.25, 0.3) is 0 Å². The first-order chi connectivity index (χ1) is 15.3. The standard InChI is InChI=1S/C26H42N4OS/c1-18(2)21(13-19-9-6-5-7-10-19)25(31)30-15-20(26(3,4)16-30)14-27-24-23-22(28-17-29-24)11-8-12-32-23/h17-21H,5-16H2,1-4H3,(H,27,28,29). The highest BCUT2D eigenvalue weighted by molar-refractivity contribution is 7.99. The third-order valence-corrected chi connectivity index (χ3v) is 9.30. The molecular weight excluding hydrogens is 416 g/mol. The minimum Gasteiger partial charge on any atom is -0.369 e. The summed E-state index contributed by atoms with van der Waals surface area (Å²) >= 11 is 1.87. The quantitative estimate of drug-likeness (QED) is 0.572. The number of rotatable bonds is 7. The molecule has 3 heterocycles. The molecule has 0 radical (unpaired) electrons. The molecule has 1 aromatic heterocycles. The Bertz CT molecular complexity index is 790. The van der Waals surface area contributed by atoms with E-state index in [1.807, 2.05) is 11.8 Å². The predicted molar refractivity (Wildman–Crippen MR) is 133 cm³/mol. The summed E-state index contributed by atoms with van der Waals surface area (Å²) in [6.45, 7) is 11.7. The zero-order chi connectivity index (χ0) is 22.7. The van der Waals surface area contributed by atoms with E-state index in [0.29, 0.717) is 17.7 Å². The summed E-state index contributed by atoms with van der Waals surface area (Å²) in [5, 5.41) is 3.64. The second-order valence-electron chi connectivity index (χ2n) is 11.3. The number of aryl methyl sites for hydroxylation is 1. The van der Waals surface area contributed by atoms with E-state index < -0.39 is 0 Å². The first kappa shape index (κ1) is 23.8. The van der Waals surface area contributed by atoms with E-state index >= 15 is 0 Å². The van der Waals surface area contributed by atoms with Gasteiger partial charge in [-0.3, -0.25) is 4.79 Å². The molecule has 0 bridgehead atoms. The average Bonchev–Trinajstić information content (AvgIpc) is 3.10. The van der Waals surface area contributed by atoms with Crippen molar-refractivity contribution in [3.8, 4) is 0 Å². The van der Waals surface area contributed by atoms with Crippen molar-refractivity contribution in [3.05, 3.63) is 12.0 Å². The lowest BCUT2D eigenvalue weighted by Crippen LogP contribution is -2.38. The van der Waals surface area contributed by atoms with Gasteiger partial charge in [-0.15, -0.1) is 11.8 Å². The van der Waals surface area contributed by atoms with Gasteiger partial charge >= 0.3 is 0 Å². The van der Waals surface area contributed by atoms with Crippen LogP contribution >= 0.6 is 11.8 Å². The van der Waals surface area contributed by atoms with E-state index in [-0.39, 0.29) is 11.3 Å². The summed E-state index contributed by atoms with van der Waals surface area (Å²) in [5.74, 6) is 4.28. The summed E-state index contributed by atoms with van der Waals surface area (Å²) in [5.41, 5.74) is 1.29. The van der Waals surface area contributed by atoms with Crippen LogP contribution in [0.1, 0.15) is 78.3 Å². The van der Waals surface area contributed by atoms with Crippen LogP contribution in [0.15, 0.2) is 11.2 Å². The highest BCUT2D eigenvalue weighted by Crippen LogP contribution is 2.39. The van der Waals surface area contributed by atoms with Crippen LogP contribution in [0.4, 0.5) is 5.82 Å². The maximum Gasteiger partial charge on any atom is 0.225 e. The SMILES string of the molecule is CC(C)C(CC1CCCCC1)C(=O)N1CC(CNc2ncnc3c2SCCC3)C(C)(C)C1. The van der Waals surface area contributed by atoms with Crippen LogP contribution in [0, 0.1) is 29.1 Å². The number of nitrogens with zero attached hydrogens (tertiary/aromatic N) is 3. The minimum absolute atomic E-state index is 0.106. The number of carbonyl (C=O) groups is 1. The number of anilines is 1. The van der Waals surface area contributed by atoms with Crippen LogP contribution in [-0.4, -0.2) is 46.2 Å². The van der Waals surface area contributed by atoms with Crippen molar-refractivity contribution >= 4 is 23.5 Å². The smallest absolute Gasteiger partial charge is 0.225 e. The summed E-state index contributed by atoms with van der Waals surface area (Å²) < 4.78 is 0. The maximum atomic E-state index is 13.6. The number of amides is 1. The molecule has 6 heteroatoms. The summed E-state index contributed by atoms with van der Waals surface area (Å²) in [4.78, 5) is 26.1. The first-order valence-electron chi connectivity index (χ1n) is 12.8. The summed E-state index contributed by atoms with van der Waals surface area (Å²) in [6.07, 6.45) is 11.7. The van der Waals surface area contributed by atoms with E-state index in [9.17, 15) is 4.79 Å². The number of hydrogen-bond donors (Lipinski definition) is 1. The van der Waals surface area contributed by atoms with Crippen molar-refractivity contribution in [3.63, 3.8) is 0 Å². The third-order valence-electron chi connectivity index (χ3n) is 8.09. The molecule has 0 aromatic carbocycles. The second kappa shape index (κ2) is 10.3. The maximum absolute atomic E-state index is 13.6. The largest absolute Gasteiger partial charge is 0.369 e. The Morgan fingerprint density at radius 1 is 1.22 bits per heavy atom. The molecule has 2 aliphatic heterocycles. The lowest BCUT2D eigenvalue weighted by molar-refractivity contribution is -0.137. The molecule has 1 aromatic rings. The van der Waals surface area contributed by atoms with Crippen molar-refractivity contribution in [2.24, 2.45) is 29.1 Å². The van der Waals surface area contributed by atoms with Gasteiger partial charge in [0.2, 0.25) is 5.91 Å². The summed E-state index contributed by atoms with van der Waals surface area (Å²) in [7, 11) is 0.